The number of carbonyl (C=O) groups excluding carboxylic acids is 1. The SMILES string of the molecule is CC(=O)Oc1ccc(-c2ccc(C)cc2)cc1P(=O)(O)O. The molecule has 2 aromatic rings. The number of ether oxygens (including phenoxy) is 1. The zero-order valence-corrected chi connectivity index (χ0v) is 12.5. The first-order chi connectivity index (χ1) is 9.77. The van der Waals surface area contributed by atoms with Gasteiger partial charge in [-0.1, -0.05) is 35.9 Å². The van der Waals surface area contributed by atoms with Crippen LogP contribution in [0.2, 0.25) is 0 Å². The minimum atomic E-state index is -4.55. The molecule has 0 radical (unpaired) electrons. The highest BCUT2D eigenvalue weighted by atomic mass is 31.2. The van der Waals surface area contributed by atoms with E-state index in [-0.39, 0.29) is 11.1 Å². The molecule has 0 saturated heterocycles. The van der Waals surface area contributed by atoms with Crippen molar-refractivity contribution < 1.29 is 23.9 Å². The average Bonchev–Trinajstić information content (AvgIpc) is 2.38. The predicted molar refractivity (Wildman–Crippen MR) is 79.6 cm³/mol. The van der Waals surface area contributed by atoms with Gasteiger partial charge in [-0.2, -0.15) is 0 Å². The predicted octanol–water partition coefficient (Wildman–Crippen LogP) is 2.39. The van der Waals surface area contributed by atoms with Crippen molar-refractivity contribution in [2.45, 2.75) is 13.8 Å². The molecule has 0 amide bonds. The van der Waals surface area contributed by atoms with Crippen LogP contribution >= 0.6 is 7.60 Å². The molecule has 21 heavy (non-hydrogen) atoms. The van der Waals surface area contributed by atoms with Crippen LogP contribution in [-0.4, -0.2) is 15.8 Å². The Morgan fingerprint density at radius 1 is 1.05 bits per heavy atom. The molecule has 110 valence electrons. The fourth-order valence-electron chi connectivity index (χ4n) is 1.91. The number of hydrogen-bond acceptors (Lipinski definition) is 3. The van der Waals surface area contributed by atoms with Crippen LogP contribution in [0.4, 0.5) is 0 Å². The standard InChI is InChI=1S/C15H15O5P/c1-10-3-5-12(6-4-10)13-7-8-14(20-11(2)16)15(9-13)21(17,18)19/h3-9H,1-2H3,(H2,17,18,19). The van der Waals surface area contributed by atoms with Crippen molar-refractivity contribution >= 4 is 18.9 Å². The Kier molecular flexibility index (Phi) is 4.28. The second-order valence-electron chi connectivity index (χ2n) is 4.69. The fourth-order valence-corrected chi connectivity index (χ4v) is 2.63. The molecular formula is C15H15O5P. The smallest absolute Gasteiger partial charge is 0.360 e. The van der Waals surface area contributed by atoms with E-state index in [9.17, 15) is 19.1 Å². The van der Waals surface area contributed by atoms with Gasteiger partial charge in [0, 0.05) is 6.92 Å². The number of hydrogen-bond donors (Lipinski definition) is 2. The monoisotopic (exact) mass is 306 g/mol. The quantitative estimate of drug-likeness (QED) is 0.517. The van der Waals surface area contributed by atoms with Crippen LogP contribution < -0.4 is 10.0 Å². The maximum absolute atomic E-state index is 11.6. The molecule has 0 saturated carbocycles. The molecule has 0 unspecified atom stereocenters. The van der Waals surface area contributed by atoms with Crippen molar-refractivity contribution in [2.24, 2.45) is 0 Å². The van der Waals surface area contributed by atoms with Crippen molar-refractivity contribution in [3.63, 3.8) is 0 Å². The molecule has 0 fully saturated rings. The molecule has 2 N–H and O–H groups in total. The number of benzene rings is 2. The van der Waals surface area contributed by atoms with Gasteiger partial charge in [0.2, 0.25) is 0 Å². The summed E-state index contributed by atoms with van der Waals surface area (Å²) in [5.41, 5.74) is 2.55. The third kappa shape index (κ3) is 3.79. The number of rotatable bonds is 3. The van der Waals surface area contributed by atoms with Crippen LogP contribution in [0.1, 0.15) is 12.5 Å². The Morgan fingerprint density at radius 2 is 1.62 bits per heavy atom. The van der Waals surface area contributed by atoms with Gasteiger partial charge in [-0.15, -0.1) is 0 Å². The van der Waals surface area contributed by atoms with E-state index in [1.165, 1.54) is 19.1 Å². The molecule has 0 aliphatic carbocycles. The summed E-state index contributed by atoms with van der Waals surface area (Å²) in [6, 6.07) is 11.9. The van der Waals surface area contributed by atoms with E-state index < -0.39 is 13.6 Å². The summed E-state index contributed by atoms with van der Waals surface area (Å²) in [5.74, 6) is -0.750. The van der Waals surface area contributed by atoms with E-state index in [1.54, 1.807) is 6.07 Å². The molecule has 0 atom stereocenters. The summed E-state index contributed by atoms with van der Waals surface area (Å²) in [4.78, 5) is 29.8. The van der Waals surface area contributed by atoms with Crippen molar-refractivity contribution in [1.82, 2.24) is 0 Å². The Balaban J connectivity index is 2.53. The van der Waals surface area contributed by atoms with Crippen LogP contribution in [0.5, 0.6) is 5.75 Å². The number of carbonyl (C=O) groups is 1. The van der Waals surface area contributed by atoms with E-state index in [2.05, 4.69) is 0 Å². The first-order valence-electron chi connectivity index (χ1n) is 6.23. The maximum Gasteiger partial charge on any atom is 0.360 e. The van der Waals surface area contributed by atoms with Crippen molar-refractivity contribution in [1.29, 1.82) is 0 Å². The average molecular weight is 306 g/mol. The lowest BCUT2D eigenvalue weighted by atomic mass is 10.0. The molecule has 2 aromatic carbocycles. The molecule has 5 nitrogen and oxygen atoms in total. The second kappa shape index (κ2) is 5.82. The minimum Gasteiger partial charge on any atom is -0.426 e. The van der Waals surface area contributed by atoms with Crippen LogP contribution in [0.3, 0.4) is 0 Å². The highest BCUT2D eigenvalue weighted by Crippen LogP contribution is 2.39. The summed E-state index contributed by atoms with van der Waals surface area (Å²) in [6.45, 7) is 3.13. The van der Waals surface area contributed by atoms with Gasteiger partial charge in [0.25, 0.3) is 0 Å². The first kappa shape index (κ1) is 15.4. The maximum atomic E-state index is 11.6. The summed E-state index contributed by atoms with van der Waals surface area (Å²) in [6.07, 6.45) is 0. The largest absolute Gasteiger partial charge is 0.426 e. The molecule has 0 aliphatic rings. The zero-order chi connectivity index (χ0) is 15.6. The van der Waals surface area contributed by atoms with Gasteiger partial charge < -0.3 is 14.5 Å². The Bertz CT molecular complexity index is 715. The Labute approximate surface area is 122 Å². The fraction of sp³-hybridized carbons (Fsp3) is 0.133. The Morgan fingerprint density at radius 3 is 2.14 bits per heavy atom. The summed E-state index contributed by atoms with van der Waals surface area (Å²) >= 11 is 0. The van der Waals surface area contributed by atoms with Crippen molar-refractivity contribution in [3.8, 4) is 16.9 Å². The van der Waals surface area contributed by atoms with Gasteiger partial charge in [-0.3, -0.25) is 9.36 Å². The highest BCUT2D eigenvalue weighted by molar-refractivity contribution is 7.60. The van der Waals surface area contributed by atoms with Crippen LogP contribution in [-0.2, 0) is 9.36 Å². The lowest BCUT2D eigenvalue weighted by molar-refractivity contribution is -0.131. The summed E-state index contributed by atoms with van der Waals surface area (Å²) in [5, 5.41) is -0.296. The van der Waals surface area contributed by atoms with Gasteiger partial charge in [-0.25, -0.2) is 0 Å². The third-order valence-corrected chi connectivity index (χ3v) is 3.89. The highest BCUT2D eigenvalue weighted by Gasteiger charge is 2.24. The van der Waals surface area contributed by atoms with Gasteiger partial charge in [0.1, 0.15) is 11.1 Å². The summed E-state index contributed by atoms with van der Waals surface area (Å²) in [7, 11) is -4.55. The van der Waals surface area contributed by atoms with E-state index in [0.717, 1.165) is 11.1 Å². The number of esters is 1. The van der Waals surface area contributed by atoms with E-state index in [0.29, 0.717) is 5.56 Å². The zero-order valence-electron chi connectivity index (χ0n) is 11.6. The summed E-state index contributed by atoms with van der Waals surface area (Å²) < 4.78 is 16.4. The van der Waals surface area contributed by atoms with Gasteiger partial charge in [0.15, 0.2) is 0 Å². The van der Waals surface area contributed by atoms with E-state index >= 15 is 0 Å². The Hall–Kier alpha value is -1.94. The molecule has 0 spiro atoms. The molecule has 6 heteroatoms. The number of aryl methyl sites for hydroxylation is 1. The second-order valence-corrected chi connectivity index (χ2v) is 6.26. The molecule has 0 heterocycles. The molecule has 0 aromatic heterocycles. The molecular weight excluding hydrogens is 291 g/mol. The van der Waals surface area contributed by atoms with Gasteiger partial charge in [-0.05, 0) is 30.2 Å². The lowest BCUT2D eigenvalue weighted by Gasteiger charge is -2.12. The van der Waals surface area contributed by atoms with Crippen molar-refractivity contribution in [2.75, 3.05) is 0 Å². The molecule has 2 rings (SSSR count). The van der Waals surface area contributed by atoms with Crippen LogP contribution in [0.25, 0.3) is 11.1 Å². The normalized spacial score (nSPS) is 11.2. The molecule has 0 aliphatic heterocycles. The van der Waals surface area contributed by atoms with E-state index in [1.807, 2.05) is 31.2 Å². The van der Waals surface area contributed by atoms with Crippen molar-refractivity contribution in [3.05, 3.63) is 48.0 Å². The first-order valence-corrected chi connectivity index (χ1v) is 7.84. The van der Waals surface area contributed by atoms with Gasteiger partial charge in [0.05, 0.1) is 0 Å². The van der Waals surface area contributed by atoms with E-state index in [4.69, 9.17) is 4.74 Å². The third-order valence-electron chi connectivity index (χ3n) is 2.91. The lowest BCUT2D eigenvalue weighted by Crippen LogP contribution is -2.13. The molecule has 0 bridgehead atoms. The topological polar surface area (TPSA) is 83.8 Å². The minimum absolute atomic E-state index is 0.119. The van der Waals surface area contributed by atoms with Crippen LogP contribution in [0, 0.1) is 6.92 Å². The van der Waals surface area contributed by atoms with Gasteiger partial charge >= 0.3 is 13.6 Å². The van der Waals surface area contributed by atoms with Crippen LogP contribution in [0.15, 0.2) is 42.5 Å².